The van der Waals surface area contributed by atoms with Gasteiger partial charge in [-0.25, -0.2) is 4.79 Å². The van der Waals surface area contributed by atoms with E-state index >= 15 is 0 Å². The highest BCUT2D eigenvalue weighted by Crippen LogP contribution is 2.14. The summed E-state index contributed by atoms with van der Waals surface area (Å²) in [5.41, 5.74) is 0. The van der Waals surface area contributed by atoms with Gasteiger partial charge >= 0.3 is 11.9 Å². The summed E-state index contributed by atoms with van der Waals surface area (Å²) in [6.07, 6.45) is 0.692. The summed E-state index contributed by atoms with van der Waals surface area (Å²) >= 11 is 3.05. The van der Waals surface area contributed by atoms with Crippen molar-refractivity contribution in [1.82, 2.24) is 5.32 Å². The lowest BCUT2D eigenvalue weighted by atomic mass is 10.3. The predicted octanol–water partition coefficient (Wildman–Crippen LogP) is 1.66. The zero-order chi connectivity index (χ0) is 15.7. The molecule has 0 saturated carbocycles. The predicted molar refractivity (Wildman–Crippen MR) is 75.6 cm³/mol. The fraction of sp³-hybridized carbons (Fsp3) is 0.462. The van der Waals surface area contributed by atoms with Gasteiger partial charge < -0.3 is 19.2 Å². The molecule has 116 valence electrons. The van der Waals surface area contributed by atoms with Crippen LogP contribution >= 0.6 is 15.9 Å². The minimum atomic E-state index is -0.720. The summed E-state index contributed by atoms with van der Waals surface area (Å²) < 4.78 is 14.9. The summed E-state index contributed by atoms with van der Waals surface area (Å²) in [6, 6.07) is 2.98. The molecule has 1 amide bonds. The van der Waals surface area contributed by atoms with E-state index in [0.717, 1.165) is 0 Å². The quantitative estimate of drug-likeness (QED) is 0.558. The zero-order valence-electron chi connectivity index (χ0n) is 11.5. The molecular weight excluding hydrogens is 346 g/mol. The van der Waals surface area contributed by atoms with Gasteiger partial charge in [-0.3, -0.25) is 9.59 Å². The highest BCUT2D eigenvalue weighted by molar-refractivity contribution is 9.10. The summed E-state index contributed by atoms with van der Waals surface area (Å²) in [5.74, 6) is -1.46. The molecule has 21 heavy (non-hydrogen) atoms. The first-order chi connectivity index (χ1) is 10.0. The maximum Gasteiger partial charge on any atom is 0.374 e. The maximum atomic E-state index is 11.5. The second kappa shape index (κ2) is 9.17. The fourth-order valence-corrected chi connectivity index (χ4v) is 1.68. The molecule has 1 rings (SSSR count). The molecule has 0 radical (unpaired) electrons. The lowest BCUT2D eigenvalue weighted by Crippen LogP contribution is -2.29. The average molecular weight is 362 g/mol. The molecule has 0 atom stereocenters. The van der Waals surface area contributed by atoms with E-state index in [-0.39, 0.29) is 18.2 Å². The molecule has 0 fully saturated rings. The van der Waals surface area contributed by atoms with Crippen LogP contribution in [0.4, 0.5) is 0 Å². The minimum Gasteiger partial charge on any atom is -0.466 e. The molecule has 8 heteroatoms. The second-order valence-corrected chi connectivity index (χ2v) is 4.72. The van der Waals surface area contributed by atoms with Gasteiger partial charge in [0.15, 0.2) is 11.3 Å². The van der Waals surface area contributed by atoms with Gasteiger partial charge in [-0.2, -0.15) is 0 Å². The van der Waals surface area contributed by atoms with Crippen molar-refractivity contribution in [3.8, 4) is 0 Å². The summed E-state index contributed by atoms with van der Waals surface area (Å²) in [7, 11) is 0. The van der Waals surface area contributed by atoms with Gasteiger partial charge in [-0.05, 0) is 41.4 Å². The standard InChI is InChI=1S/C13H16BrNO6/c1-2-19-12(17)4-3-7-15-11(16)8-20-13(18)9-5-6-10(14)21-9/h5-6H,2-4,7-8H2,1H3,(H,15,16). The molecule has 0 aliphatic heterocycles. The van der Waals surface area contributed by atoms with Crippen molar-refractivity contribution >= 4 is 33.8 Å². The minimum absolute atomic E-state index is 0.0111. The van der Waals surface area contributed by atoms with Crippen molar-refractivity contribution in [2.24, 2.45) is 0 Å². The number of esters is 2. The van der Waals surface area contributed by atoms with Crippen LogP contribution in [0.15, 0.2) is 21.2 Å². The molecule has 1 N–H and O–H groups in total. The maximum absolute atomic E-state index is 11.5. The van der Waals surface area contributed by atoms with E-state index in [4.69, 9.17) is 13.9 Å². The first-order valence-electron chi connectivity index (χ1n) is 6.37. The third kappa shape index (κ3) is 6.94. The highest BCUT2D eigenvalue weighted by Gasteiger charge is 2.13. The van der Waals surface area contributed by atoms with Crippen LogP contribution in [-0.4, -0.2) is 37.6 Å². The van der Waals surface area contributed by atoms with Crippen molar-refractivity contribution < 1.29 is 28.3 Å². The topological polar surface area (TPSA) is 94.8 Å². The Balaban J connectivity index is 2.14. The largest absolute Gasteiger partial charge is 0.466 e. The van der Waals surface area contributed by atoms with Gasteiger partial charge in [-0.15, -0.1) is 0 Å². The Kier molecular flexibility index (Phi) is 7.52. The van der Waals surface area contributed by atoms with Gasteiger partial charge in [0.25, 0.3) is 5.91 Å². The lowest BCUT2D eigenvalue weighted by molar-refractivity contribution is -0.143. The summed E-state index contributed by atoms with van der Waals surface area (Å²) in [4.78, 5) is 33.9. The van der Waals surface area contributed by atoms with Gasteiger partial charge in [0.05, 0.1) is 6.61 Å². The van der Waals surface area contributed by atoms with E-state index in [9.17, 15) is 14.4 Å². The monoisotopic (exact) mass is 361 g/mol. The Morgan fingerprint density at radius 2 is 2.05 bits per heavy atom. The Morgan fingerprint density at radius 3 is 2.67 bits per heavy atom. The van der Waals surface area contributed by atoms with Crippen molar-refractivity contribution in [2.75, 3.05) is 19.8 Å². The van der Waals surface area contributed by atoms with Crippen LogP contribution < -0.4 is 5.32 Å². The van der Waals surface area contributed by atoms with Crippen LogP contribution in [0.2, 0.25) is 0 Å². The summed E-state index contributed by atoms with van der Waals surface area (Å²) in [6.45, 7) is 1.97. The molecule has 0 unspecified atom stereocenters. The fourth-order valence-electron chi connectivity index (χ4n) is 1.37. The molecule has 1 aromatic heterocycles. The van der Waals surface area contributed by atoms with E-state index in [1.165, 1.54) is 6.07 Å². The smallest absolute Gasteiger partial charge is 0.374 e. The Hall–Kier alpha value is -1.83. The van der Waals surface area contributed by atoms with Crippen LogP contribution in [0.1, 0.15) is 30.3 Å². The molecule has 0 aliphatic rings. The average Bonchev–Trinajstić information content (AvgIpc) is 2.88. The van der Waals surface area contributed by atoms with Crippen LogP contribution in [0.25, 0.3) is 0 Å². The van der Waals surface area contributed by atoms with Gasteiger partial charge in [0, 0.05) is 13.0 Å². The van der Waals surface area contributed by atoms with Crippen molar-refractivity contribution in [1.29, 1.82) is 0 Å². The number of hydrogen-bond acceptors (Lipinski definition) is 6. The van der Waals surface area contributed by atoms with Crippen LogP contribution in [-0.2, 0) is 19.1 Å². The van der Waals surface area contributed by atoms with E-state index in [2.05, 4.69) is 21.2 Å². The number of nitrogens with one attached hydrogen (secondary N) is 1. The van der Waals surface area contributed by atoms with Gasteiger partial charge in [-0.1, -0.05) is 0 Å². The Labute approximate surface area is 130 Å². The molecule has 0 aliphatic carbocycles. The number of hydrogen-bond donors (Lipinski definition) is 1. The highest BCUT2D eigenvalue weighted by atomic mass is 79.9. The van der Waals surface area contributed by atoms with Gasteiger partial charge in [0.2, 0.25) is 5.76 Å². The number of rotatable bonds is 8. The first-order valence-corrected chi connectivity index (χ1v) is 7.17. The van der Waals surface area contributed by atoms with E-state index in [1.807, 2.05) is 0 Å². The third-order valence-electron chi connectivity index (χ3n) is 2.29. The normalized spacial score (nSPS) is 10.0. The number of carbonyl (C=O) groups excluding carboxylic acids is 3. The molecule has 0 aromatic carbocycles. The van der Waals surface area contributed by atoms with Crippen LogP contribution in [0.5, 0.6) is 0 Å². The number of carbonyl (C=O) groups is 3. The number of amides is 1. The number of ether oxygens (including phenoxy) is 2. The molecular formula is C13H16BrNO6. The Bertz CT molecular complexity index is 499. The second-order valence-electron chi connectivity index (χ2n) is 3.94. The zero-order valence-corrected chi connectivity index (χ0v) is 13.1. The molecule has 7 nitrogen and oxygen atoms in total. The summed E-state index contributed by atoms with van der Waals surface area (Å²) in [5, 5.41) is 2.53. The van der Waals surface area contributed by atoms with Crippen LogP contribution in [0.3, 0.4) is 0 Å². The Morgan fingerprint density at radius 1 is 1.29 bits per heavy atom. The molecule has 1 aromatic rings. The SMILES string of the molecule is CCOC(=O)CCCNC(=O)COC(=O)c1ccc(Br)o1. The van der Waals surface area contributed by atoms with Crippen molar-refractivity contribution in [3.63, 3.8) is 0 Å². The van der Waals surface area contributed by atoms with Gasteiger partial charge in [0.1, 0.15) is 0 Å². The van der Waals surface area contributed by atoms with Crippen molar-refractivity contribution in [3.05, 3.63) is 22.6 Å². The van der Waals surface area contributed by atoms with E-state index < -0.39 is 18.5 Å². The van der Waals surface area contributed by atoms with E-state index in [1.54, 1.807) is 13.0 Å². The van der Waals surface area contributed by atoms with Crippen LogP contribution in [0, 0.1) is 0 Å². The molecule has 1 heterocycles. The lowest BCUT2D eigenvalue weighted by Gasteiger charge is -2.05. The van der Waals surface area contributed by atoms with E-state index in [0.29, 0.717) is 24.2 Å². The molecule has 0 bridgehead atoms. The molecule has 0 spiro atoms. The number of halogens is 1. The molecule has 0 saturated heterocycles. The third-order valence-corrected chi connectivity index (χ3v) is 2.72. The number of furan rings is 1. The first kappa shape index (κ1) is 17.2. The van der Waals surface area contributed by atoms with Crippen molar-refractivity contribution in [2.45, 2.75) is 19.8 Å².